The zero-order valence-electron chi connectivity index (χ0n) is 14.6. The van der Waals surface area contributed by atoms with E-state index < -0.39 is 11.9 Å². The van der Waals surface area contributed by atoms with Crippen LogP contribution < -0.4 is 0 Å². The fraction of sp³-hybridized carbons (Fsp3) is 0.222. The molecule has 0 fully saturated rings. The number of H-pyrrole nitrogens is 1. The van der Waals surface area contributed by atoms with E-state index in [0.29, 0.717) is 11.6 Å². The van der Waals surface area contributed by atoms with Crippen LogP contribution in [0.25, 0.3) is 0 Å². The number of carbonyl (C=O) groups excluding carboxylic acids is 1. The van der Waals surface area contributed by atoms with Gasteiger partial charge in [0.25, 0.3) is 0 Å². The van der Waals surface area contributed by atoms with Crippen LogP contribution in [0.1, 0.15) is 24.2 Å². The van der Waals surface area contributed by atoms with Gasteiger partial charge in [-0.05, 0) is 25.1 Å². The summed E-state index contributed by atoms with van der Waals surface area (Å²) in [6.45, 7) is 1.99. The molecule has 1 unspecified atom stereocenters. The lowest BCUT2D eigenvalue weighted by atomic mass is 10.1. The van der Waals surface area contributed by atoms with E-state index in [1.807, 2.05) is 30.3 Å². The van der Waals surface area contributed by atoms with E-state index in [2.05, 4.69) is 42.7 Å². The van der Waals surface area contributed by atoms with Gasteiger partial charge in [-0.1, -0.05) is 29.5 Å². The minimum atomic E-state index is -0.847. The number of ether oxygens (including phenoxy) is 1. The lowest BCUT2D eigenvalue weighted by Gasteiger charge is -2.08. The van der Waals surface area contributed by atoms with E-state index in [9.17, 15) is 4.79 Å². The molecule has 0 saturated heterocycles. The molecular formula is C18H18N6O2S. The molecule has 3 aromatic rings. The predicted molar refractivity (Wildman–Crippen MR) is 102 cm³/mol. The van der Waals surface area contributed by atoms with Crippen molar-refractivity contribution in [1.29, 1.82) is 0 Å². The average Bonchev–Trinajstić information content (AvgIpc) is 3.23. The van der Waals surface area contributed by atoms with Crippen molar-refractivity contribution in [2.24, 2.45) is 4.99 Å². The van der Waals surface area contributed by atoms with Crippen molar-refractivity contribution in [3.05, 3.63) is 60.0 Å². The Balaban J connectivity index is 1.78. The maximum atomic E-state index is 12.2. The van der Waals surface area contributed by atoms with Gasteiger partial charge in [0.15, 0.2) is 17.6 Å². The number of nitrogens with zero attached hydrogens (tertiary/aromatic N) is 5. The minimum Gasteiger partial charge on any atom is -0.465 e. The lowest BCUT2D eigenvalue weighted by molar-refractivity contribution is -0.143. The maximum Gasteiger partial charge on any atom is 0.322 e. The highest BCUT2D eigenvalue weighted by molar-refractivity contribution is 7.98. The fourth-order valence-electron chi connectivity index (χ4n) is 2.25. The fourth-order valence-corrected chi connectivity index (χ4v) is 3.15. The molecule has 2 aromatic heterocycles. The second-order valence-electron chi connectivity index (χ2n) is 5.37. The number of thioether (sulfide) groups is 1. The molecule has 0 aliphatic carbocycles. The van der Waals surface area contributed by atoms with E-state index >= 15 is 0 Å². The molecule has 0 aliphatic rings. The molecule has 9 heteroatoms. The first-order chi connectivity index (χ1) is 13.3. The van der Waals surface area contributed by atoms with Crippen molar-refractivity contribution < 1.29 is 9.53 Å². The molecule has 1 N–H and O–H groups in total. The number of hydrogen-bond acceptors (Lipinski definition) is 8. The first-order valence-electron chi connectivity index (χ1n) is 8.34. The third-order valence-electron chi connectivity index (χ3n) is 3.53. The highest BCUT2D eigenvalue weighted by Crippen LogP contribution is 2.26. The van der Waals surface area contributed by atoms with Crippen LogP contribution in [0.3, 0.4) is 0 Å². The number of pyridine rings is 1. The van der Waals surface area contributed by atoms with E-state index in [1.54, 1.807) is 24.9 Å². The summed E-state index contributed by atoms with van der Waals surface area (Å²) in [5.74, 6) is 0.114. The third kappa shape index (κ3) is 5.20. The van der Waals surface area contributed by atoms with E-state index in [-0.39, 0.29) is 12.4 Å². The van der Waals surface area contributed by atoms with Crippen LogP contribution in [0, 0.1) is 0 Å². The minimum absolute atomic E-state index is 0.202. The smallest absolute Gasteiger partial charge is 0.322 e. The first-order valence-corrected chi connectivity index (χ1v) is 9.32. The van der Waals surface area contributed by atoms with Crippen LogP contribution >= 0.6 is 11.8 Å². The average molecular weight is 382 g/mol. The molecule has 3 rings (SSSR count). The van der Waals surface area contributed by atoms with Gasteiger partial charge in [0.2, 0.25) is 0 Å². The number of aliphatic imine (C=N–C) groups is 1. The summed E-state index contributed by atoms with van der Waals surface area (Å²) in [5.41, 5.74) is 0.957. The summed E-state index contributed by atoms with van der Waals surface area (Å²) in [4.78, 5) is 22.1. The number of benzene rings is 1. The summed E-state index contributed by atoms with van der Waals surface area (Å²) < 4.78 is 5.08. The van der Waals surface area contributed by atoms with Crippen molar-refractivity contribution in [3.8, 4) is 0 Å². The zero-order valence-corrected chi connectivity index (χ0v) is 15.5. The number of aromatic nitrogens is 5. The Hall–Kier alpha value is -3.07. The molecule has 0 spiro atoms. The quantitative estimate of drug-likeness (QED) is 0.363. The van der Waals surface area contributed by atoms with Gasteiger partial charge in [0, 0.05) is 28.6 Å². The highest BCUT2D eigenvalue weighted by atomic mass is 32.2. The first kappa shape index (κ1) is 18.7. The van der Waals surface area contributed by atoms with Crippen LogP contribution in [0.2, 0.25) is 0 Å². The van der Waals surface area contributed by atoms with Crippen molar-refractivity contribution >= 4 is 29.8 Å². The second kappa shape index (κ2) is 9.58. The van der Waals surface area contributed by atoms with Gasteiger partial charge in [0.1, 0.15) is 0 Å². The Morgan fingerprint density at radius 1 is 1.30 bits per heavy atom. The molecule has 138 valence electrons. The second-order valence-corrected chi connectivity index (χ2v) is 6.41. The standard InChI is InChI=1S/C18H18N6O2S/c1-2-26-18(25)15(17-21-23-24-22-17)11-20-16-13(7-6-10-19-16)12-27-14-8-4-3-5-9-14/h3-11,15H,2,12H2,1H3,(H,21,22,23,24). The number of esters is 1. The van der Waals surface area contributed by atoms with Crippen molar-refractivity contribution in [2.45, 2.75) is 23.5 Å². The Bertz CT molecular complexity index is 886. The van der Waals surface area contributed by atoms with Crippen LogP contribution in [0.4, 0.5) is 5.82 Å². The molecule has 0 saturated carbocycles. The van der Waals surface area contributed by atoms with Gasteiger partial charge in [-0.15, -0.1) is 22.0 Å². The largest absolute Gasteiger partial charge is 0.465 e. The van der Waals surface area contributed by atoms with Crippen molar-refractivity contribution in [2.75, 3.05) is 6.61 Å². The lowest BCUT2D eigenvalue weighted by Crippen LogP contribution is -2.18. The molecule has 0 radical (unpaired) electrons. The van der Waals surface area contributed by atoms with E-state index in [1.165, 1.54) is 6.21 Å². The number of nitrogens with one attached hydrogen (secondary N) is 1. The molecule has 27 heavy (non-hydrogen) atoms. The number of rotatable bonds is 8. The van der Waals surface area contributed by atoms with Gasteiger partial charge in [-0.25, -0.2) is 9.98 Å². The van der Waals surface area contributed by atoms with E-state index in [0.717, 1.165) is 10.5 Å². The Labute approximate surface area is 160 Å². The summed E-state index contributed by atoms with van der Waals surface area (Å²) >= 11 is 1.69. The summed E-state index contributed by atoms with van der Waals surface area (Å²) in [5, 5.41) is 13.6. The summed E-state index contributed by atoms with van der Waals surface area (Å²) in [6.07, 6.45) is 3.11. The molecule has 0 amide bonds. The Morgan fingerprint density at radius 2 is 2.15 bits per heavy atom. The Morgan fingerprint density at radius 3 is 2.89 bits per heavy atom. The Kier molecular flexibility index (Phi) is 6.64. The molecule has 1 aromatic carbocycles. The molecule has 0 bridgehead atoms. The molecule has 2 heterocycles. The maximum absolute atomic E-state index is 12.2. The highest BCUT2D eigenvalue weighted by Gasteiger charge is 2.24. The summed E-state index contributed by atoms with van der Waals surface area (Å²) in [7, 11) is 0. The van der Waals surface area contributed by atoms with Crippen molar-refractivity contribution in [1.82, 2.24) is 25.6 Å². The molecular weight excluding hydrogens is 364 g/mol. The third-order valence-corrected chi connectivity index (χ3v) is 4.59. The van der Waals surface area contributed by atoms with Crippen LogP contribution in [-0.2, 0) is 15.3 Å². The van der Waals surface area contributed by atoms with Gasteiger partial charge < -0.3 is 4.74 Å². The zero-order chi connectivity index (χ0) is 18.9. The molecule has 1 atom stereocenters. The van der Waals surface area contributed by atoms with E-state index in [4.69, 9.17) is 4.74 Å². The van der Waals surface area contributed by atoms with Gasteiger partial charge >= 0.3 is 5.97 Å². The van der Waals surface area contributed by atoms with Gasteiger partial charge in [-0.2, -0.15) is 5.21 Å². The topological polar surface area (TPSA) is 106 Å². The van der Waals surface area contributed by atoms with Crippen molar-refractivity contribution in [3.63, 3.8) is 0 Å². The number of aromatic amines is 1. The normalized spacial score (nSPS) is 12.2. The SMILES string of the molecule is CCOC(=O)C(C=Nc1ncccc1CSc1ccccc1)c1nn[nH]n1. The number of hydrogen-bond donors (Lipinski definition) is 1. The predicted octanol–water partition coefficient (Wildman–Crippen LogP) is 2.94. The number of carbonyl (C=O) groups is 1. The van der Waals surface area contributed by atoms with Gasteiger partial charge in [-0.3, -0.25) is 4.79 Å². The molecule has 0 aliphatic heterocycles. The van der Waals surface area contributed by atoms with Gasteiger partial charge in [0.05, 0.1) is 6.61 Å². The summed E-state index contributed by atoms with van der Waals surface area (Å²) in [6, 6.07) is 13.9. The van der Waals surface area contributed by atoms with Crippen LogP contribution in [-0.4, -0.2) is 44.4 Å². The monoisotopic (exact) mass is 382 g/mol. The number of tetrazole rings is 1. The molecule has 8 nitrogen and oxygen atoms in total. The van der Waals surface area contributed by atoms with Crippen LogP contribution in [0.5, 0.6) is 0 Å². The van der Waals surface area contributed by atoms with Crippen LogP contribution in [0.15, 0.2) is 58.5 Å².